The number of carbonyl (C=O) groups excluding carboxylic acids is 1. The molecule has 1 aromatic carbocycles. The molecule has 1 heterocycles. The molecular formula is C11H11N2O+. The Morgan fingerprint density at radius 2 is 2.00 bits per heavy atom. The first-order chi connectivity index (χ1) is 6.77. The van der Waals surface area contributed by atoms with Gasteiger partial charge in [-0.15, -0.1) is 0 Å². The first kappa shape index (κ1) is 8.69. The second kappa shape index (κ2) is 3.46. The summed E-state index contributed by atoms with van der Waals surface area (Å²) in [6, 6.07) is 7.50. The predicted molar refractivity (Wildman–Crippen MR) is 52.3 cm³/mol. The van der Waals surface area contributed by atoms with Crippen molar-refractivity contribution in [2.75, 3.05) is 0 Å². The van der Waals surface area contributed by atoms with E-state index < -0.39 is 0 Å². The summed E-state index contributed by atoms with van der Waals surface area (Å²) in [5.41, 5.74) is 1.78. The lowest BCUT2D eigenvalue weighted by molar-refractivity contribution is -0.594. The zero-order valence-corrected chi connectivity index (χ0v) is 7.90. The average Bonchev–Trinajstić information content (AvgIpc) is 2.71. The summed E-state index contributed by atoms with van der Waals surface area (Å²) < 4.78 is 1.95. The number of aromatic nitrogens is 2. The van der Waals surface area contributed by atoms with E-state index in [1.54, 1.807) is 6.92 Å². The Labute approximate surface area is 82.0 Å². The molecule has 3 nitrogen and oxygen atoms in total. The minimum Gasteiger partial charge on any atom is -0.295 e. The minimum absolute atomic E-state index is 0.0932. The Morgan fingerprint density at radius 3 is 2.50 bits per heavy atom. The average molecular weight is 187 g/mol. The summed E-state index contributed by atoms with van der Waals surface area (Å²) >= 11 is 0. The standard InChI is InChI=1S/C11H10N2O/c1-9(14)10-2-4-11(5-3-10)13-7-6-12-8-13/h2-8H,1H3/p+1. The van der Waals surface area contributed by atoms with Gasteiger partial charge in [-0.2, -0.15) is 0 Å². The van der Waals surface area contributed by atoms with E-state index in [1.807, 2.05) is 47.6 Å². The molecule has 1 N–H and O–H groups in total. The third kappa shape index (κ3) is 1.57. The van der Waals surface area contributed by atoms with Gasteiger partial charge in [-0.25, -0.2) is 9.55 Å². The molecule has 0 bridgehead atoms. The van der Waals surface area contributed by atoms with Gasteiger partial charge in [0.1, 0.15) is 18.1 Å². The smallest absolute Gasteiger partial charge is 0.246 e. The fourth-order valence-electron chi connectivity index (χ4n) is 1.32. The Kier molecular flexibility index (Phi) is 2.14. The van der Waals surface area contributed by atoms with Crippen LogP contribution >= 0.6 is 0 Å². The SMILES string of the molecule is CC(=O)c1ccc(-[n+]2cc[nH]c2)cc1. The number of H-pyrrole nitrogens is 1. The second-order valence-corrected chi connectivity index (χ2v) is 3.12. The summed E-state index contributed by atoms with van der Waals surface area (Å²) in [5.74, 6) is 0.0932. The van der Waals surface area contributed by atoms with Gasteiger partial charge in [-0.1, -0.05) is 0 Å². The van der Waals surface area contributed by atoms with Crippen molar-refractivity contribution in [1.82, 2.24) is 4.98 Å². The molecule has 0 fully saturated rings. The van der Waals surface area contributed by atoms with Gasteiger partial charge in [-0.05, 0) is 31.2 Å². The molecule has 1 aromatic heterocycles. The topological polar surface area (TPSA) is 36.7 Å². The molecule has 3 heteroatoms. The van der Waals surface area contributed by atoms with Crippen molar-refractivity contribution in [3.05, 3.63) is 48.5 Å². The van der Waals surface area contributed by atoms with E-state index in [0.29, 0.717) is 0 Å². The number of hydrogen-bond acceptors (Lipinski definition) is 1. The predicted octanol–water partition coefficient (Wildman–Crippen LogP) is 1.49. The van der Waals surface area contributed by atoms with E-state index in [9.17, 15) is 4.79 Å². The molecule has 0 saturated carbocycles. The van der Waals surface area contributed by atoms with Crippen molar-refractivity contribution < 1.29 is 9.36 Å². The zero-order valence-electron chi connectivity index (χ0n) is 7.90. The number of nitrogens with one attached hydrogen (secondary N) is 1. The molecule has 2 rings (SSSR count). The van der Waals surface area contributed by atoms with Crippen LogP contribution < -0.4 is 4.57 Å². The van der Waals surface area contributed by atoms with E-state index in [-0.39, 0.29) is 5.78 Å². The van der Waals surface area contributed by atoms with E-state index >= 15 is 0 Å². The number of benzene rings is 1. The second-order valence-electron chi connectivity index (χ2n) is 3.12. The van der Waals surface area contributed by atoms with Crippen LogP contribution in [0.2, 0.25) is 0 Å². The van der Waals surface area contributed by atoms with Gasteiger partial charge < -0.3 is 0 Å². The summed E-state index contributed by atoms with van der Waals surface area (Å²) in [6.07, 6.45) is 5.62. The molecule has 0 aliphatic heterocycles. The van der Waals surface area contributed by atoms with Gasteiger partial charge in [0.2, 0.25) is 6.33 Å². The van der Waals surface area contributed by atoms with Crippen molar-refractivity contribution in [1.29, 1.82) is 0 Å². The monoisotopic (exact) mass is 187 g/mol. The molecule has 0 saturated heterocycles. The fraction of sp³-hybridized carbons (Fsp3) is 0.0909. The van der Waals surface area contributed by atoms with Gasteiger partial charge in [0.25, 0.3) is 0 Å². The van der Waals surface area contributed by atoms with Crippen LogP contribution in [-0.2, 0) is 0 Å². The van der Waals surface area contributed by atoms with Gasteiger partial charge in [0.15, 0.2) is 5.78 Å². The van der Waals surface area contributed by atoms with Gasteiger partial charge in [-0.3, -0.25) is 4.79 Å². The van der Waals surface area contributed by atoms with Crippen LogP contribution in [-0.4, -0.2) is 10.8 Å². The first-order valence-corrected chi connectivity index (χ1v) is 4.43. The van der Waals surface area contributed by atoms with Crippen molar-refractivity contribution in [2.24, 2.45) is 0 Å². The molecule has 0 spiro atoms. The summed E-state index contributed by atoms with van der Waals surface area (Å²) in [5, 5.41) is 0. The maximum absolute atomic E-state index is 11.0. The molecule has 14 heavy (non-hydrogen) atoms. The van der Waals surface area contributed by atoms with Crippen LogP contribution in [0.15, 0.2) is 43.0 Å². The number of Topliss-reactive ketones (excluding diaryl/α,β-unsaturated/α-hetero) is 1. The molecule has 0 aliphatic rings. The molecular weight excluding hydrogens is 176 g/mol. The number of carbonyl (C=O) groups is 1. The molecule has 0 aliphatic carbocycles. The van der Waals surface area contributed by atoms with Gasteiger partial charge in [0, 0.05) is 5.56 Å². The van der Waals surface area contributed by atoms with E-state index in [4.69, 9.17) is 0 Å². The van der Waals surface area contributed by atoms with Gasteiger partial charge in [0.05, 0.1) is 0 Å². The van der Waals surface area contributed by atoms with Crippen LogP contribution in [0.5, 0.6) is 0 Å². The highest BCUT2D eigenvalue weighted by molar-refractivity contribution is 5.94. The number of ketones is 1. The third-order valence-electron chi connectivity index (χ3n) is 2.12. The minimum atomic E-state index is 0.0932. The van der Waals surface area contributed by atoms with E-state index in [0.717, 1.165) is 11.3 Å². The number of aromatic amines is 1. The maximum atomic E-state index is 11.0. The Balaban J connectivity index is 2.36. The Bertz CT molecular complexity index is 429. The van der Waals surface area contributed by atoms with Crippen molar-refractivity contribution in [3.63, 3.8) is 0 Å². The highest BCUT2D eigenvalue weighted by Crippen LogP contribution is 2.04. The molecule has 0 unspecified atom stereocenters. The van der Waals surface area contributed by atoms with Crippen molar-refractivity contribution in [2.45, 2.75) is 6.92 Å². The van der Waals surface area contributed by atoms with E-state index in [2.05, 4.69) is 4.98 Å². The van der Waals surface area contributed by atoms with Crippen molar-refractivity contribution in [3.8, 4) is 5.69 Å². The zero-order chi connectivity index (χ0) is 9.97. The fourth-order valence-corrected chi connectivity index (χ4v) is 1.32. The van der Waals surface area contributed by atoms with Crippen molar-refractivity contribution >= 4 is 5.78 Å². The third-order valence-corrected chi connectivity index (χ3v) is 2.12. The van der Waals surface area contributed by atoms with E-state index in [1.165, 1.54) is 0 Å². The first-order valence-electron chi connectivity index (χ1n) is 4.43. The molecule has 2 aromatic rings. The molecule has 0 amide bonds. The van der Waals surface area contributed by atoms with Gasteiger partial charge >= 0.3 is 0 Å². The summed E-state index contributed by atoms with van der Waals surface area (Å²) in [7, 11) is 0. The maximum Gasteiger partial charge on any atom is 0.246 e. The molecule has 70 valence electrons. The quantitative estimate of drug-likeness (QED) is 0.561. The van der Waals surface area contributed by atoms with Crippen LogP contribution in [0.1, 0.15) is 17.3 Å². The lowest BCUT2D eigenvalue weighted by atomic mass is 10.1. The lowest BCUT2D eigenvalue weighted by Gasteiger charge is -1.97. The normalized spacial score (nSPS) is 10.1. The Hall–Kier alpha value is -1.90. The highest BCUT2D eigenvalue weighted by Gasteiger charge is 2.03. The number of hydrogen-bond donors (Lipinski definition) is 1. The molecule has 0 atom stereocenters. The molecule has 0 radical (unpaired) electrons. The highest BCUT2D eigenvalue weighted by atomic mass is 16.1. The number of rotatable bonds is 2. The van der Waals surface area contributed by atoms with Crippen LogP contribution in [0.4, 0.5) is 0 Å². The summed E-state index contributed by atoms with van der Waals surface area (Å²) in [6.45, 7) is 1.57. The largest absolute Gasteiger partial charge is 0.295 e. The van der Waals surface area contributed by atoms with Crippen LogP contribution in [0, 0.1) is 0 Å². The van der Waals surface area contributed by atoms with Crippen LogP contribution in [0.25, 0.3) is 5.69 Å². The van der Waals surface area contributed by atoms with Crippen LogP contribution in [0.3, 0.4) is 0 Å². The number of nitrogens with zero attached hydrogens (tertiary/aromatic N) is 1. The Morgan fingerprint density at radius 1 is 1.29 bits per heavy atom. The summed E-state index contributed by atoms with van der Waals surface area (Å²) in [4.78, 5) is 14.0. The lowest BCUT2D eigenvalue weighted by Crippen LogP contribution is -2.26. The number of imidazole rings is 1.